The molecule has 0 aliphatic heterocycles. The summed E-state index contributed by atoms with van der Waals surface area (Å²) in [6, 6.07) is 8.48. The molecule has 2 N–H and O–H groups in total. The first-order valence-electron chi connectivity index (χ1n) is 5.96. The normalized spacial score (nSPS) is 11.4. The maximum Gasteiger partial charge on any atom is 0.137 e. The zero-order chi connectivity index (χ0) is 14.0. The third-order valence-electron chi connectivity index (χ3n) is 2.48. The minimum absolute atomic E-state index is 0.180. The number of nitrogens with one attached hydrogen (secondary N) is 1. The molecule has 100 valence electrons. The molecule has 0 atom stereocenters. The lowest BCUT2D eigenvalue weighted by Crippen LogP contribution is -2.16. The number of benzene rings is 1. The Morgan fingerprint density at radius 3 is 2.53 bits per heavy atom. The minimum Gasteiger partial charge on any atom is -0.508 e. The summed E-state index contributed by atoms with van der Waals surface area (Å²) in [6.45, 7) is 6.07. The lowest BCUT2D eigenvalue weighted by molar-refractivity contribution is 0.475. The fourth-order valence-corrected chi connectivity index (χ4v) is 1.73. The average molecular weight is 278 g/mol. The van der Waals surface area contributed by atoms with E-state index in [9.17, 15) is 5.11 Å². The van der Waals surface area contributed by atoms with Gasteiger partial charge in [-0.1, -0.05) is 38.4 Å². The van der Waals surface area contributed by atoms with E-state index in [1.54, 1.807) is 24.3 Å². The lowest BCUT2D eigenvalue weighted by atomic mass is 9.96. The summed E-state index contributed by atoms with van der Waals surface area (Å²) in [7, 11) is 0. The van der Waals surface area contributed by atoms with Crippen LogP contribution in [0.1, 0.15) is 26.6 Å². The average Bonchev–Trinajstić information content (AvgIpc) is 2.26. The Labute approximate surface area is 117 Å². The second-order valence-electron chi connectivity index (χ2n) is 5.32. The number of hydrogen-bond donors (Lipinski definition) is 2. The molecule has 0 saturated carbocycles. The topological polar surface area (TPSA) is 58.0 Å². The van der Waals surface area contributed by atoms with Gasteiger partial charge in [-0.05, 0) is 12.1 Å². The molecule has 1 aromatic heterocycles. The SMILES string of the molecule is CC(C)(C)c1nc(Cl)cc(Nc2cccc(O)c2)n1. The fourth-order valence-electron chi connectivity index (χ4n) is 1.55. The van der Waals surface area contributed by atoms with E-state index >= 15 is 0 Å². The maximum absolute atomic E-state index is 9.43. The van der Waals surface area contributed by atoms with Crippen molar-refractivity contribution in [2.24, 2.45) is 0 Å². The molecule has 0 bridgehead atoms. The van der Waals surface area contributed by atoms with Crippen LogP contribution < -0.4 is 5.32 Å². The predicted molar refractivity (Wildman–Crippen MR) is 77.1 cm³/mol. The lowest BCUT2D eigenvalue weighted by Gasteiger charge is -2.17. The monoisotopic (exact) mass is 277 g/mol. The van der Waals surface area contributed by atoms with E-state index in [0.29, 0.717) is 16.8 Å². The van der Waals surface area contributed by atoms with Crippen LogP contribution in [-0.2, 0) is 5.41 Å². The molecule has 19 heavy (non-hydrogen) atoms. The zero-order valence-corrected chi connectivity index (χ0v) is 11.9. The number of aromatic hydroxyl groups is 1. The van der Waals surface area contributed by atoms with E-state index in [1.807, 2.05) is 26.8 Å². The van der Waals surface area contributed by atoms with Crippen LogP contribution in [0.3, 0.4) is 0 Å². The van der Waals surface area contributed by atoms with Crippen molar-refractivity contribution in [2.45, 2.75) is 26.2 Å². The van der Waals surface area contributed by atoms with E-state index in [4.69, 9.17) is 11.6 Å². The molecule has 0 spiro atoms. The Morgan fingerprint density at radius 2 is 1.89 bits per heavy atom. The van der Waals surface area contributed by atoms with Gasteiger partial charge in [-0.3, -0.25) is 0 Å². The molecule has 4 nitrogen and oxygen atoms in total. The highest BCUT2D eigenvalue weighted by Gasteiger charge is 2.18. The van der Waals surface area contributed by atoms with Crippen molar-refractivity contribution >= 4 is 23.1 Å². The van der Waals surface area contributed by atoms with Crippen molar-refractivity contribution in [2.75, 3.05) is 5.32 Å². The van der Waals surface area contributed by atoms with E-state index in [-0.39, 0.29) is 11.2 Å². The van der Waals surface area contributed by atoms with Crippen molar-refractivity contribution < 1.29 is 5.11 Å². The maximum atomic E-state index is 9.43. The highest BCUT2D eigenvalue weighted by Crippen LogP contribution is 2.25. The summed E-state index contributed by atoms with van der Waals surface area (Å²) in [5.41, 5.74) is 0.565. The standard InChI is InChI=1S/C14H16ClN3O/c1-14(2,3)13-17-11(15)8-12(18-13)16-9-5-4-6-10(19)7-9/h4-8,19H,1-3H3,(H,16,17,18). The Bertz CT molecular complexity index is 593. The Morgan fingerprint density at radius 1 is 1.16 bits per heavy atom. The number of nitrogens with zero attached hydrogens (tertiary/aromatic N) is 2. The summed E-state index contributed by atoms with van der Waals surface area (Å²) < 4.78 is 0. The molecule has 1 heterocycles. The Hall–Kier alpha value is -1.81. The number of anilines is 2. The molecule has 2 rings (SSSR count). The van der Waals surface area contributed by atoms with Crippen molar-refractivity contribution in [3.05, 3.63) is 41.3 Å². The second kappa shape index (κ2) is 5.05. The number of aromatic nitrogens is 2. The first-order chi connectivity index (χ1) is 8.84. The van der Waals surface area contributed by atoms with Crippen molar-refractivity contribution in [3.63, 3.8) is 0 Å². The van der Waals surface area contributed by atoms with Gasteiger partial charge in [0.2, 0.25) is 0 Å². The molecule has 0 aliphatic rings. The van der Waals surface area contributed by atoms with E-state index in [2.05, 4.69) is 15.3 Å². The van der Waals surface area contributed by atoms with Gasteiger partial charge in [-0.15, -0.1) is 0 Å². The molecule has 2 aromatic rings. The largest absolute Gasteiger partial charge is 0.508 e. The molecule has 0 radical (unpaired) electrons. The van der Waals surface area contributed by atoms with Crippen LogP contribution in [0.4, 0.5) is 11.5 Å². The Kier molecular flexibility index (Phi) is 3.62. The minimum atomic E-state index is -0.180. The zero-order valence-electron chi connectivity index (χ0n) is 11.1. The van der Waals surface area contributed by atoms with Gasteiger partial charge in [-0.2, -0.15) is 0 Å². The van der Waals surface area contributed by atoms with Gasteiger partial charge < -0.3 is 10.4 Å². The summed E-state index contributed by atoms with van der Waals surface area (Å²) in [4.78, 5) is 8.67. The first-order valence-corrected chi connectivity index (χ1v) is 6.33. The van der Waals surface area contributed by atoms with Crippen LogP contribution in [0.25, 0.3) is 0 Å². The first kappa shape index (κ1) is 13.6. The predicted octanol–water partition coefficient (Wildman–Crippen LogP) is 3.88. The molecule has 0 amide bonds. The van der Waals surface area contributed by atoms with Crippen molar-refractivity contribution in [1.29, 1.82) is 0 Å². The van der Waals surface area contributed by atoms with Crippen LogP contribution in [-0.4, -0.2) is 15.1 Å². The van der Waals surface area contributed by atoms with Crippen LogP contribution >= 0.6 is 11.6 Å². The highest BCUT2D eigenvalue weighted by atomic mass is 35.5. The molecular formula is C14H16ClN3O. The number of phenolic OH excluding ortho intramolecular Hbond substituents is 1. The molecule has 0 fully saturated rings. The molecule has 1 aromatic carbocycles. The van der Waals surface area contributed by atoms with Gasteiger partial charge in [0.15, 0.2) is 0 Å². The van der Waals surface area contributed by atoms with Crippen LogP contribution in [0.5, 0.6) is 5.75 Å². The van der Waals surface area contributed by atoms with Gasteiger partial charge in [0.05, 0.1) is 0 Å². The quantitative estimate of drug-likeness (QED) is 0.818. The number of hydrogen-bond acceptors (Lipinski definition) is 4. The smallest absolute Gasteiger partial charge is 0.137 e. The van der Waals surface area contributed by atoms with E-state index in [0.717, 1.165) is 5.69 Å². The van der Waals surface area contributed by atoms with E-state index < -0.39 is 0 Å². The molecule has 0 unspecified atom stereocenters. The van der Waals surface area contributed by atoms with Crippen molar-refractivity contribution in [3.8, 4) is 5.75 Å². The third-order valence-corrected chi connectivity index (χ3v) is 2.68. The van der Waals surface area contributed by atoms with Crippen molar-refractivity contribution in [1.82, 2.24) is 9.97 Å². The highest BCUT2D eigenvalue weighted by molar-refractivity contribution is 6.29. The molecule has 0 aliphatic carbocycles. The van der Waals surface area contributed by atoms with Gasteiger partial charge in [-0.25, -0.2) is 9.97 Å². The number of halogens is 1. The van der Waals surface area contributed by atoms with Gasteiger partial charge in [0, 0.05) is 23.2 Å². The summed E-state index contributed by atoms with van der Waals surface area (Å²) in [6.07, 6.45) is 0. The summed E-state index contributed by atoms with van der Waals surface area (Å²) in [5.74, 6) is 1.47. The molecular weight excluding hydrogens is 262 g/mol. The summed E-state index contributed by atoms with van der Waals surface area (Å²) in [5, 5.41) is 12.9. The second-order valence-corrected chi connectivity index (χ2v) is 5.71. The third kappa shape index (κ3) is 3.58. The van der Waals surface area contributed by atoms with Gasteiger partial charge >= 0.3 is 0 Å². The van der Waals surface area contributed by atoms with Crippen LogP contribution in [0.15, 0.2) is 30.3 Å². The number of phenols is 1. The Balaban J connectivity index is 2.33. The molecule has 0 saturated heterocycles. The molecule has 5 heteroatoms. The van der Waals surface area contributed by atoms with Gasteiger partial charge in [0.25, 0.3) is 0 Å². The van der Waals surface area contributed by atoms with E-state index in [1.165, 1.54) is 0 Å². The van der Waals surface area contributed by atoms with Gasteiger partial charge in [0.1, 0.15) is 22.5 Å². The van der Waals surface area contributed by atoms with Crippen LogP contribution in [0.2, 0.25) is 5.15 Å². The number of rotatable bonds is 2. The van der Waals surface area contributed by atoms with Crippen LogP contribution in [0, 0.1) is 0 Å². The fraction of sp³-hybridized carbons (Fsp3) is 0.286. The summed E-state index contributed by atoms with van der Waals surface area (Å²) >= 11 is 6.01.